The third-order valence-corrected chi connectivity index (χ3v) is 2.26. The standard InChI is InChI=1S/C9H13BrO2.C3H8S/c1-8(11)4-5-9(2)12-7-3-6-10;1-2-3-4/h4-5,11H,1-3,6-7H2;4H,2-3H2,1H3/b5-4-;. The SMILES string of the molecule is C=C(O)/C=C\C(=C)OCCCBr.CCCS. The van der Waals surface area contributed by atoms with Crippen molar-refractivity contribution in [3.8, 4) is 0 Å². The first-order valence-electron chi connectivity index (χ1n) is 5.12. The highest BCUT2D eigenvalue weighted by Crippen LogP contribution is 1.99. The van der Waals surface area contributed by atoms with Crippen LogP contribution in [0.15, 0.2) is 36.8 Å². The summed E-state index contributed by atoms with van der Waals surface area (Å²) in [6, 6.07) is 0. The number of hydrogen-bond acceptors (Lipinski definition) is 3. The maximum absolute atomic E-state index is 8.69. The molecule has 0 saturated carbocycles. The summed E-state index contributed by atoms with van der Waals surface area (Å²) in [4.78, 5) is 0. The van der Waals surface area contributed by atoms with E-state index in [0.29, 0.717) is 12.4 Å². The van der Waals surface area contributed by atoms with E-state index >= 15 is 0 Å². The molecule has 0 aromatic rings. The molecule has 0 atom stereocenters. The average molecular weight is 309 g/mol. The van der Waals surface area contributed by atoms with Gasteiger partial charge in [-0.3, -0.25) is 0 Å². The number of aliphatic hydroxyl groups is 1. The number of hydrogen-bond donors (Lipinski definition) is 2. The Morgan fingerprint density at radius 3 is 2.38 bits per heavy atom. The van der Waals surface area contributed by atoms with Crippen LogP contribution in [0.3, 0.4) is 0 Å². The van der Waals surface area contributed by atoms with E-state index < -0.39 is 0 Å². The zero-order valence-corrected chi connectivity index (χ0v) is 12.3. The first kappa shape index (κ1) is 18.0. The summed E-state index contributed by atoms with van der Waals surface area (Å²) in [5, 5.41) is 9.60. The molecular weight excluding hydrogens is 288 g/mol. The van der Waals surface area contributed by atoms with Gasteiger partial charge in [0.05, 0.1) is 6.61 Å². The molecule has 94 valence electrons. The summed E-state index contributed by atoms with van der Waals surface area (Å²) in [5.41, 5.74) is 0. The predicted molar refractivity (Wildman–Crippen MR) is 78.6 cm³/mol. The van der Waals surface area contributed by atoms with Crippen LogP contribution in [0, 0.1) is 0 Å². The van der Waals surface area contributed by atoms with Gasteiger partial charge in [-0.05, 0) is 30.7 Å². The number of rotatable bonds is 7. The van der Waals surface area contributed by atoms with E-state index in [1.807, 2.05) is 0 Å². The van der Waals surface area contributed by atoms with E-state index in [0.717, 1.165) is 17.5 Å². The van der Waals surface area contributed by atoms with Crippen LogP contribution < -0.4 is 0 Å². The Balaban J connectivity index is 0. The Labute approximate surface area is 113 Å². The van der Waals surface area contributed by atoms with Crippen LogP contribution in [0.1, 0.15) is 19.8 Å². The second kappa shape index (κ2) is 14.6. The lowest BCUT2D eigenvalue weighted by atomic mass is 10.4. The lowest BCUT2D eigenvalue weighted by Gasteiger charge is -2.02. The van der Waals surface area contributed by atoms with Gasteiger partial charge in [-0.1, -0.05) is 36.0 Å². The van der Waals surface area contributed by atoms with Crippen LogP contribution in [-0.4, -0.2) is 22.8 Å². The predicted octanol–water partition coefficient (Wildman–Crippen LogP) is 4.26. The summed E-state index contributed by atoms with van der Waals surface area (Å²) in [6.07, 6.45) is 5.14. The third-order valence-electron chi connectivity index (χ3n) is 1.25. The second-order valence-corrected chi connectivity index (χ2v) is 4.15. The average Bonchev–Trinajstić information content (AvgIpc) is 2.27. The molecular formula is C12H21BrO2S. The van der Waals surface area contributed by atoms with Gasteiger partial charge in [0.1, 0.15) is 11.5 Å². The monoisotopic (exact) mass is 308 g/mol. The van der Waals surface area contributed by atoms with Gasteiger partial charge >= 0.3 is 0 Å². The van der Waals surface area contributed by atoms with Gasteiger partial charge in [0.25, 0.3) is 0 Å². The van der Waals surface area contributed by atoms with Gasteiger partial charge in [0, 0.05) is 5.33 Å². The van der Waals surface area contributed by atoms with Crippen LogP contribution >= 0.6 is 28.6 Å². The number of ether oxygens (including phenoxy) is 1. The molecule has 0 aliphatic rings. The van der Waals surface area contributed by atoms with Crippen molar-refractivity contribution in [2.24, 2.45) is 0 Å². The van der Waals surface area contributed by atoms with Gasteiger partial charge in [-0.2, -0.15) is 12.6 Å². The number of allylic oxidation sites excluding steroid dienone is 2. The molecule has 0 unspecified atom stereocenters. The van der Waals surface area contributed by atoms with Crippen molar-refractivity contribution in [1.82, 2.24) is 0 Å². The number of halogens is 1. The molecule has 0 aliphatic carbocycles. The van der Waals surface area contributed by atoms with Crippen molar-refractivity contribution in [2.45, 2.75) is 19.8 Å². The van der Waals surface area contributed by atoms with Crippen LogP contribution in [0.25, 0.3) is 0 Å². The van der Waals surface area contributed by atoms with E-state index in [2.05, 4.69) is 48.6 Å². The van der Waals surface area contributed by atoms with Crippen molar-refractivity contribution in [1.29, 1.82) is 0 Å². The Bertz CT molecular complexity index is 213. The normalized spacial score (nSPS) is 9.44. The van der Waals surface area contributed by atoms with E-state index in [4.69, 9.17) is 9.84 Å². The zero-order chi connectivity index (χ0) is 12.8. The van der Waals surface area contributed by atoms with Crippen molar-refractivity contribution in [3.63, 3.8) is 0 Å². The van der Waals surface area contributed by atoms with E-state index in [1.54, 1.807) is 6.08 Å². The molecule has 0 radical (unpaired) electrons. The quantitative estimate of drug-likeness (QED) is 0.242. The lowest BCUT2D eigenvalue weighted by molar-refractivity contribution is 0.227. The highest BCUT2D eigenvalue weighted by molar-refractivity contribution is 9.09. The summed E-state index contributed by atoms with van der Waals surface area (Å²) < 4.78 is 5.17. The van der Waals surface area contributed by atoms with Gasteiger partial charge in [0.2, 0.25) is 0 Å². The Hall–Kier alpha value is -0.350. The molecule has 0 bridgehead atoms. The van der Waals surface area contributed by atoms with Crippen LogP contribution in [0.5, 0.6) is 0 Å². The van der Waals surface area contributed by atoms with Crippen LogP contribution in [-0.2, 0) is 4.74 Å². The fourth-order valence-electron chi connectivity index (χ4n) is 0.495. The van der Waals surface area contributed by atoms with Gasteiger partial charge < -0.3 is 9.84 Å². The van der Waals surface area contributed by atoms with Crippen molar-refractivity contribution >= 4 is 28.6 Å². The number of alkyl halides is 1. The molecule has 0 fully saturated rings. The maximum atomic E-state index is 8.69. The van der Waals surface area contributed by atoms with E-state index in [1.165, 1.54) is 12.5 Å². The van der Waals surface area contributed by atoms with E-state index in [-0.39, 0.29) is 5.76 Å². The zero-order valence-electron chi connectivity index (χ0n) is 9.79. The molecule has 0 spiro atoms. The molecule has 0 rings (SSSR count). The largest absolute Gasteiger partial charge is 0.509 e. The Morgan fingerprint density at radius 1 is 1.44 bits per heavy atom. The molecule has 0 aliphatic heterocycles. The van der Waals surface area contributed by atoms with Crippen LogP contribution in [0.2, 0.25) is 0 Å². The smallest absolute Gasteiger partial charge is 0.112 e. The lowest BCUT2D eigenvalue weighted by Crippen LogP contribution is -1.92. The molecule has 0 heterocycles. The minimum absolute atomic E-state index is 0.000224. The van der Waals surface area contributed by atoms with Crippen molar-refractivity contribution in [3.05, 3.63) is 36.8 Å². The van der Waals surface area contributed by atoms with Crippen LogP contribution in [0.4, 0.5) is 0 Å². The van der Waals surface area contributed by atoms with Gasteiger partial charge in [-0.15, -0.1) is 0 Å². The minimum atomic E-state index is 0.000224. The fraction of sp³-hybridized carbons (Fsp3) is 0.500. The summed E-state index contributed by atoms with van der Waals surface area (Å²) >= 11 is 7.20. The molecule has 16 heavy (non-hydrogen) atoms. The van der Waals surface area contributed by atoms with Gasteiger partial charge in [-0.25, -0.2) is 0 Å². The highest BCUT2D eigenvalue weighted by Gasteiger charge is 1.88. The fourth-order valence-corrected chi connectivity index (χ4v) is 0.724. The molecule has 1 N–H and O–H groups in total. The summed E-state index contributed by atoms with van der Waals surface area (Å²) in [6.45, 7) is 9.65. The van der Waals surface area contributed by atoms with E-state index in [9.17, 15) is 0 Å². The molecule has 4 heteroatoms. The van der Waals surface area contributed by atoms with Crippen molar-refractivity contribution < 1.29 is 9.84 Å². The molecule has 0 saturated heterocycles. The Morgan fingerprint density at radius 2 is 2.00 bits per heavy atom. The minimum Gasteiger partial charge on any atom is -0.509 e. The second-order valence-electron chi connectivity index (χ2n) is 2.91. The maximum Gasteiger partial charge on any atom is 0.112 e. The van der Waals surface area contributed by atoms with Crippen molar-refractivity contribution in [2.75, 3.05) is 17.7 Å². The third kappa shape index (κ3) is 19.3. The first-order chi connectivity index (χ1) is 7.58. The van der Waals surface area contributed by atoms with Gasteiger partial charge in [0.15, 0.2) is 0 Å². The first-order valence-corrected chi connectivity index (χ1v) is 6.88. The Kier molecular flexibility index (Phi) is 16.5. The highest BCUT2D eigenvalue weighted by atomic mass is 79.9. The summed E-state index contributed by atoms with van der Waals surface area (Å²) in [5.74, 6) is 1.55. The number of thiol groups is 1. The molecule has 0 aromatic heterocycles. The topological polar surface area (TPSA) is 29.5 Å². The molecule has 0 aromatic carbocycles. The number of aliphatic hydroxyl groups excluding tert-OH is 1. The molecule has 0 amide bonds. The molecule has 2 nitrogen and oxygen atoms in total. The summed E-state index contributed by atoms with van der Waals surface area (Å²) in [7, 11) is 0.